The van der Waals surface area contributed by atoms with Gasteiger partial charge in [-0.3, -0.25) is 0 Å². The zero-order valence-corrected chi connectivity index (χ0v) is 11.6. The van der Waals surface area contributed by atoms with Crippen LogP contribution >= 0.6 is 0 Å². The fourth-order valence-electron chi connectivity index (χ4n) is 2.71. The number of aromatic nitrogens is 1. The Balaban J connectivity index is 2.12. The van der Waals surface area contributed by atoms with Gasteiger partial charge in [0.05, 0.1) is 5.69 Å². The molecule has 0 spiro atoms. The van der Waals surface area contributed by atoms with Crippen molar-refractivity contribution < 1.29 is 0 Å². The number of nitriles is 1. The molecule has 0 bridgehead atoms. The number of hydrogen-bond donors (Lipinski definition) is 1. The number of nitrogens with one attached hydrogen (secondary N) is 1. The van der Waals surface area contributed by atoms with Crippen LogP contribution < -0.4 is 10.2 Å². The molecule has 1 atom stereocenters. The van der Waals surface area contributed by atoms with Crippen LogP contribution in [0.15, 0.2) is 18.3 Å². The molecule has 1 unspecified atom stereocenters. The summed E-state index contributed by atoms with van der Waals surface area (Å²) in [6.07, 6.45) is 5.30. The molecular weight excluding hydrogens is 236 g/mol. The summed E-state index contributed by atoms with van der Waals surface area (Å²) in [5.41, 5.74) is 1.53. The summed E-state index contributed by atoms with van der Waals surface area (Å²) >= 11 is 0. The highest BCUT2D eigenvalue weighted by Gasteiger charge is 2.18. The maximum Gasteiger partial charge on any atom is 0.163 e. The van der Waals surface area contributed by atoms with Gasteiger partial charge in [-0.25, -0.2) is 4.98 Å². The third-order valence-corrected chi connectivity index (χ3v) is 3.60. The highest BCUT2D eigenvalue weighted by molar-refractivity contribution is 5.55. The van der Waals surface area contributed by atoms with E-state index in [9.17, 15) is 5.26 Å². The molecule has 19 heavy (non-hydrogen) atoms. The van der Waals surface area contributed by atoms with Crippen LogP contribution in [-0.4, -0.2) is 31.2 Å². The van der Waals surface area contributed by atoms with Crippen molar-refractivity contribution in [1.82, 2.24) is 10.3 Å². The number of rotatable bonds is 5. The Morgan fingerprint density at radius 3 is 3.16 bits per heavy atom. The number of nitrogens with zero attached hydrogens (tertiary/aromatic N) is 3. The van der Waals surface area contributed by atoms with Gasteiger partial charge in [0.1, 0.15) is 6.07 Å². The lowest BCUT2D eigenvalue weighted by Crippen LogP contribution is -2.39. The maximum absolute atomic E-state index is 9.19. The van der Waals surface area contributed by atoms with Crippen LogP contribution in [0.3, 0.4) is 0 Å². The largest absolute Gasteiger partial charge is 0.369 e. The Bertz CT molecular complexity index is 432. The molecule has 1 aliphatic heterocycles. The number of piperidine rings is 1. The first-order valence-corrected chi connectivity index (χ1v) is 7.16. The molecule has 0 saturated carbocycles. The predicted octanol–water partition coefficient (Wildman–Crippen LogP) is 2.17. The highest BCUT2D eigenvalue weighted by Crippen LogP contribution is 2.21. The molecule has 4 nitrogen and oxygen atoms in total. The van der Waals surface area contributed by atoms with Gasteiger partial charge in [-0.2, -0.15) is 5.26 Å². The first-order valence-electron chi connectivity index (χ1n) is 7.16. The standard InChI is InChI=1S/C15H22N4/c1-2-9-19(12-13-5-3-7-17-11-13)15-6-4-8-18-14(15)10-16/h4,6,8,13,17H,2-3,5,7,9,11-12H2,1H3. The van der Waals surface area contributed by atoms with Gasteiger partial charge in [-0.15, -0.1) is 0 Å². The molecule has 1 N–H and O–H groups in total. The van der Waals surface area contributed by atoms with Crippen LogP contribution in [0, 0.1) is 17.2 Å². The Morgan fingerprint density at radius 2 is 2.47 bits per heavy atom. The van der Waals surface area contributed by atoms with Gasteiger partial charge in [-0.1, -0.05) is 6.92 Å². The molecule has 1 aromatic heterocycles. The van der Waals surface area contributed by atoms with Gasteiger partial charge in [0.2, 0.25) is 0 Å². The molecule has 0 amide bonds. The van der Waals surface area contributed by atoms with E-state index in [1.54, 1.807) is 6.20 Å². The van der Waals surface area contributed by atoms with Crippen molar-refractivity contribution in [3.8, 4) is 6.07 Å². The van der Waals surface area contributed by atoms with Crippen molar-refractivity contribution in [2.75, 3.05) is 31.1 Å². The fourth-order valence-corrected chi connectivity index (χ4v) is 2.71. The zero-order valence-electron chi connectivity index (χ0n) is 11.6. The van der Waals surface area contributed by atoms with Crippen molar-refractivity contribution in [2.45, 2.75) is 26.2 Å². The third-order valence-electron chi connectivity index (χ3n) is 3.60. The van der Waals surface area contributed by atoms with Crippen molar-refractivity contribution in [1.29, 1.82) is 5.26 Å². The minimum absolute atomic E-state index is 0.541. The number of hydrogen-bond acceptors (Lipinski definition) is 4. The average molecular weight is 258 g/mol. The van der Waals surface area contributed by atoms with Crippen molar-refractivity contribution in [3.63, 3.8) is 0 Å². The van der Waals surface area contributed by atoms with E-state index in [0.29, 0.717) is 11.6 Å². The van der Waals surface area contributed by atoms with E-state index in [1.165, 1.54) is 12.8 Å². The fraction of sp³-hybridized carbons (Fsp3) is 0.600. The predicted molar refractivity (Wildman–Crippen MR) is 77.0 cm³/mol. The van der Waals surface area contributed by atoms with Crippen LogP contribution in [0.5, 0.6) is 0 Å². The van der Waals surface area contributed by atoms with E-state index in [0.717, 1.165) is 38.3 Å². The van der Waals surface area contributed by atoms with Crippen LogP contribution in [0.25, 0.3) is 0 Å². The second-order valence-electron chi connectivity index (χ2n) is 5.14. The SMILES string of the molecule is CCCN(CC1CCCNC1)c1cccnc1C#N. The summed E-state index contributed by atoms with van der Waals surface area (Å²) in [5, 5.41) is 12.6. The molecule has 1 aliphatic rings. The van der Waals surface area contributed by atoms with E-state index >= 15 is 0 Å². The van der Waals surface area contributed by atoms with Gasteiger partial charge in [0.25, 0.3) is 0 Å². The summed E-state index contributed by atoms with van der Waals surface area (Å²) in [4.78, 5) is 6.50. The van der Waals surface area contributed by atoms with E-state index in [-0.39, 0.29) is 0 Å². The van der Waals surface area contributed by atoms with Crippen LogP contribution in [0.1, 0.15) is 31.9 Å². The molecule has 1 fully saturated rings. The molecule has 102 valence electrons. The second-order valence-corrected chi connectivity index (χ2v) is 5.14. The molecular formula is C15H22N4. The first kappa shape index (κ1) is 13.8. The minimum Gasteiger partial charge on any atom is -0.369 e. The Labute approximate surface area is 115 Å². The monoisotopic (exact) mass is 258 g/mol. The summed E-state index contributed by atoms with van der Waals surface area (Å²) < 4.78 is 0. The van der Waals surface area contributed by atoms with Crippen molar-refractivity contribution in [3.05, 3.63) is 24.0 Å². The Morgan fingerprint density at radius 1 is 1.58 bits per heavy atom. The third kappa shape index (κ3) is 3.68. The topological polar surface area (TPSA) is 52.0 Å². The van der Waals surface area contributed by atoms with E-state index < -0.39 is 0 Å². The van der Waals surface area contributed by atoms with Crippen LogP contribution in [0.2, 0.25) is 0 Å². The molecule has 0 aliphatic carbocycles. The molecule has 4 heteroatoms. The first-order chi connectivity index (χ1) is 9.35. The lowest BCUT2D eigenvalue weighted by Gasteiger charge is -2.31. The summed E-state index contributed by atoms with van der Waals surface area (Å²) in [7, 11) is 0. The molecule has 0 radical (unpaired) electrons. The maximum atomic E-state index is 9.19. The summed E-state index contributed by atoms with van der Waals surface area (Å²) in [5.74, 6) is 0.673. The Kier molecular flexibility index (Phi) is 5.17. The normalized spacial score (nSPS) is 18.8. The lowest BCUT2D eigenvalue weighted by molar-refractivity contribution is 0.376. The highest BCUT2D eigenvalue weighted by atomic mass is 15.1. The number of anilines is 1. The molecule has 0 aromatic carbocycles. The molecule has 1 saturated heterocycles. The zero-order chi connectivity index (χ0) is 13.5. The number of pyridine rings is 1. The van der Waals surface area contributed by atoms with E-state index in [1.807, 2.05) is 12.1 Å². The van der Waals surface area contributed by atoms with E-state index in [4.69, 9.17) is 0 Å². The van der Waals surface area contributed by atoms with Gasteiger partial charge >= 0.3 is 0 Å². The lowest BCUT2D eigenvalue weighted by atomic mass is 9.98. The molecule has 1 aromatic rings. The van der Waals surface area contributed by atoms with Crippen LogP contribution in [-0.2, 0) is 0 Å². The Hall–Kier alpha value is -1.60. The van der Waals surface area contributed by atoms with Crippen molar-refractivity contribution >= 4 is 5.69 Å². The quantitative estimate of drug-likeness (QED) is 0.879. The summed E-state index contributed by atoms with van der Waals surface area (Å²) in [6.45, 7) is 6.40. The van der Waals surface area contributed by atoms with Crippen LogP contribution in [0.4, 0.5) is 5.69 Å². The van der Waals surface area contributed by atoms with Gasteiger partial charge in [0, 0.05) is 19.3 Å². The minimum atomic E-state index is 0.541. The van der Waals surface area contributed by atoms with Gasteiger partial charge < -0.3 is 10.2 Å². The van der Waals surface area contributed by atoms with E-state index in [2.05, 4.69) is 28.2 Å². The second kappa shape index (κ2) is 7.10. The van der Waals surface area contributed by atoms with Gasteiger partial charge in [-0.05, 0) is 50.4 Å². The van der Waals surface area contributed by atoms with Crippen molar-refractivity contribution in [2.24, 2.45) is 5.92 Å². The smallest absolute Gasteiger partial charge is 0.163 e. The summed E-state index contributed by atoms with van der Waals surface area (Å²) in [6, 6.07) is 6.13. The molecule has 2 rings (SSSR count). The molecule has 2 heterocycles. The average Bonchev–Trinajstić information content (AvgIpc) is 2.48. The van der Waals surface area contributed by atoms with Gasteiger partial charge in [0.15, 0.2) is 5.69 Å².